The average Bonchev–Trinajstić information content (AvgIpc) is 2.30. The lowest BCUT2D eigenvalue weighted by Gasteiger charge is -2.32. The first kappa shape index (κ1) is 20.6. The smallest absolute Gasteiger partial charge is 0.306 e. The third kappa shape index (κ3) is 8.15. The van der Waals surface area contributed by atoms with Crippen molar-refractivity contribution >= 4 is 5.97 Å². The van der Waals surface area contributed by atoms with Gasteiger partial charge in [-0.2, -0.15) is 0 Å². The van der Waals surface area contributed by atoms with Crippen LogP contribution in [-0.2, 0) is 4.79 Å². The first-order chi connectivity index (χ1) is 9.89. The lowest BCUT2D eigenvalue weighted by atomic mass is 9.74. The van der Waals surface area contributed by atoms with Gasteiger partial charge in [-0.15, -0.1) is 5.11 Å². The van der Waals surface area contributed by atoms with Crippen LogP contribution in [0.1, 0.15) is 68.2 Å². The van der Waals surface area contributed by atoms with Crippen molar-refractivity contribution in [1.29, 1.82) is 0 Å². The molecule has 0 spiro atoms. The molecule has 2 atom stereocenters. The molecule has 0 aliphatic rings. The molecule has 0 radical (unpaired) electrons. The quantitative estimate of drug-likeness (QED) is 0.499. The van der Waals surface area contributed by atoms with E-state index in [2.05, 4.69) is 50.4 Å². The molecule has 2 unspecified atom stereocenters. The highest BCUT2D eigenvalue weighted by Gasteiger charge is 2.29. The Morgan fingerprint density at radius 2 is 1.77 bits per heavy atom. The van der Waals surface area contributed by atoms with Crippen LogP contribution in [0.3, 0.4) is 0 Å². The normalized spacial score (nSPS) is 16.6. The van der Waals surface area contributed by atoms with E-state index in [9.17, 15) is 4.79 Å². The van der Waals surface area contributed by atoms with Crippen LogP contribution in [0.25, 0.3) is 0 Å². The van der Waals surface area contributed by atoms with E-state index in [1.165, 1.54) is 0 Å². The van der Waals surface area contributed by atoms with Crippen molar-refractivity contribution in [2.45, 2.75) is 74.3 Å². The summed E-state index contributed by atoms with van der Waals surface area (Å²) in [7, 11) is 0. The maximum atomic E-state index is 10.8. The molecule has 0 aromatic rings. The highest BCUT2D eigenvalue weighted by atomic mass is 16.4. The van der Waals surface area contributed by atoms with Crippen LogP contribution in [0, 0.1) is 16.7 Å². The van der Waals surface area contributed by atoms with Crippen molar-refractivity contribution in [3.8, 4) is 0 Å². The maximum Gasteiger partial charge on any atom is 0.306 e. The van der Waals surface area contributed by atoms with Crippen molar-refractivity contribution < 1.29 is 9.90 Å². The fourth-order valence-electron chi connectivity index (χ4n) is 2.87. The van der Waals surface area contributed by atoms with Gasteiger partial charge in [0.2, 0.25) is 0 Å². The number of rotatable bonds is 8. The highest BCUT2D eigenvalue weighted by molar-refractivity contribution is 5.69. The minimum Gasteiger partial charge on any atom is -0.481 e. The zero-order valence-corrected chi connectivity index (χ0v) is 15.4. The topological polar surface area (TPSA) is 74.0 Å². The van der Waals surface area contributed by atoms with Crippen molar-refractivity contribution in [2.24, 2.45) is 27.1 Å². The first-order valence-electron chi connectivity index (χ1n) is 7.95. The SMILES string of the molecule is C/C=C(\N=N/NC(C)CC(C)C(=O)O)C(C)(C)CC(C)(C)C. The molecule has 5 heteroatoms. The number of allylic oxidation sites excluding steroid dienone is 2. The fourth-order valence-corrected chi connectivity index (χ4v) is 2.87. The highest BCUT2D eigenvalue weighted by Crippen LogP contribution is 2.39. The summed E-state index contributed by atoms with van der Waals surface area (Å²) in [4.78, 5) is 10.8. The Kier molecular flexibility index (Phi) is 7.77. The molecule has 128 valence electrons. The lowest BCUT2D eigenvalue weighted by molar-refractivity contribution is -0.141. The van der Waals surface area contributed by atoms with E-state index < -0.39 is 11.9 Å². The summed E-state index contributed by atoms with van der Waals surface area (Å²) in [5.41, 5.74) is 4.01. The Labute approximate surface area is 135 Å². The molecular formula is C17H33N3O2. The molecule has 0 fully saturated rings. The van der Waals surface area contributed by atoms with Gasteiger partial charge in [-0.1, -0.05) is 52.8 Å². The predicted molar refractivity (Wildman–Crippen MR) is 90.5 cm³/mol. The van der Waals surface area contributed by atoms with E-state index in [0.29, 0.717) is 6.42 Å². The Hall–Kier alpha value is -1.39. The van der Waals surface area contributed by atoms with Crippen LogP contribution in [-0.4, -0.2) is 17.1 Å². The van der Waals surface area contributed by atoms with E-state index in [0.717, 1.165) is 12.1 Å². The molecular weight excluding hydrogens is 278 g/mol. The molecule has 0 rings (SSSR count). The monoisotopic (exact) mass is 311 g/mol. The van der Waals surface area contributed by atoms with E-state index in [1.54, 1.807) is 6.92 Å². The minimum absolute atomic E-state index is 0.0290. The van der Waals surface area contributed by atoms with Crippen LogP contribution in [0.4, 0.5) is 0 Å². The van der Waals surface area contributed by atoms with E-state index in [1.807, 2.05) is 19.9 Å². The first-order valence-corrected chi connectivity index (χ1v) is 7.95. The van der Waals surface area contributed by atoms with Gasteiger partial charge in [-0.3, -0.25) is 10.2 Å². The summed E-state index contributed by atoms with van der Waals surface area (Å²) in [5.74, 6) is -1.18. The van der Waals surface area contributed by atoms with E-state index >= 15 is 0 Å². The number of nitrogens with zero attached hydrogens (tertiary/aromatic N) is 2. The van der Waals surface area contributed by atoms with Gasteiger partial charge < -0.3 is 5.11 Å². The summed E-state index contributed by atoms with van der Waals surface area (Å²) < 4.78 is 0. The largest absolute Gasteiger partial charge is 0.481 e. The Bertz CT molecular complexity index is 420. The van der Waals surface area contributed by atoms with Crippen molar-refractivity contribution in [3.05, 3.63) is 11.8 Å². The van der Waals surface area contributed by atoms with Crippen molar-refractivity contribution in [3.63, 3.8) is 0 Å². The molecule has 0 saturated carbocycles. The third-order valence-corrected chi connectivity index (χ3v) is 3.50. The Morgan fingerprint density at radius 3 is 2.18 bits per heavy atom. The number of hydrogen-bond acceptors (Lipinski definition) is 3. The molecule has 0 saturated heterocycles. The number of carboxylic acid groups (broad SMARTS) is 1. The van der Waals surface area contributed by atoms with Gasteiger partial charge in [0.15, 0.2) is 0 Å². The van der Waals surface area contributed by atoms with Gasteiger partial charge in [0.1, 0.15) is 0 Å². The van der Waals surface area contributed by atoms with Crippen molar-refractivity contribution in [2.75, 3.05) is 0 Å². The zero-order chi connectivity index (χ0) is 17.6. The van der Waals surface area contributed by atoms with Crippen LogP contribution in [0.5, 0.6) is 0 Å². The minimum atomic E-state index is -0.786. The number of hydrogen-bond donors (Lipinski definition) is 2. The second-order valence-corrected chi connectivity index (χ2v) is 8.00. The van der Waals surface area contributed by atoms with Crippen LogP contribution in [0.15, 0.2) is 22.1 Å². The number of carboxylic acids is 1. The summed E-state index contributed by atoms with van der Waals surface area (Å²) >= 11 is 0. The summed E-state index contributed by atoms with van der Waals surface area (Å²) in [6.07, 6.45) is 3.51. The molecule has 0 aromatic heterocycles. The molecule has 0 amide bonds. The summed E-state index contributed by atoms with van der Waals surface area (Å²) in [6.45, 7) is 16.6. The second-order valence-electron chi connectivity index (χ2n) is 8.00. The average molecular weight is 311 g/mol. The number of nitrogens with one attached hydrogen (secondary N) is 1. The zero-order valence-electron chi connectivity index (χ0n) is 15.4. The second kappa shape index (κ2) is 8.30. The van der Waals surface area contributed by atoms with Crippen molar-refractivity contribution in [1.82, 2.24) is 5.43 Å². The molecule has 2 N–H and O–H groups in total. The van der Waals surface area contributed by atoms with E-state index in [-0.39, 0.29) is 16.9 Å². The molecule has 22 heavy (non-hydrogen) atoms. The molecule has 0 heterocycles. The lowest BCUT2D eigenvalue weighted by Crippen LogP contribution is -2.26. The Balaban J connectivity index is 4.66. The van der Waals surface area contributed by atoms with Gasteiger partial charge >= 0.3 is 5.97 Å². The van der Waals surface area contributed by atoms with Gasteiger partial charge in [0, 0.05) is 11.5 Å². The van der Waals surface area contributed by atoms with E-state index in [4.69, 9.17) is 5.11 Å². The summed E-state index contributed by atoms with van der Waals surface area (Å²) in [6, 6.07) is -0.0290. The van der Waals surface area contributed by atoms with Crippen LogP contribution >= 0.6 is 0 Å². The van der Waals surface area contributed by atoms with Gasteiger partial charge in [-0.05, 0) is 32.1 Å². The maximum absolute atomic E-state index is 10.8. The van der Waals surface area contributed by atoms with Crippen LogP contribution in [0.2, 0.25) is 0 Å². The van der Waals surface area contributed by atoms with Gasteiger partial charge in [0.25, 0.3) is 0 Å². The molecule has 0 aliphatic heterocycles. The van der Waals surface area contributed by atoms with Gasteiger partial charge in [0.05, 0.1) is 11.6 Å². The molecule has 0 aliphatic carbocycles. The standard InChI is InChI=1S/C17H33N3O2/c1-9-14(17(7,8)11-16(4,5)6)19-20-18-13(3)10-12(2)15(21)22/h9,12-13H,10-11H2,1-8H3,(H,18,19)(H,21,22)/b14-9-. The molecule has 5 nitrogen and oxygen atoms in total. The molecule has 0 bridgehead atoms. The fraction of sp³-hybridized carbons (Fsp3) is 0.824. The van der Waals surface area contributed by atoms with Gasteiger partial charge in [-0.25, -0.2) is 0 Å². The number of aliphatic carboxylic acids is 1. The number of carbonyl (C=O) groups is 1. The predicted octanol–water partition coefficient (Wildman–Crippen LogP) is 4.81. The van der Waals surface area contributed by atoms with Crippen LogP contribution < -0.4 is 5.43 Å². The molecule has 0 aromatic carbocycles. The Morgan fingerprint density at radius 1 is 1.23 bits per heavy atom. The third-order valence-electron chi connectivity index (χ3n) is 3.50. The summed E-state index contributed by atoms with van der Waals surface area (Å²) in [5, 5.41) is 17.3.